The summed E-state index contributed by atoms with van der Waals surface area (Å²) >= 11 is 0. The molecule has 4 aliphatic heterocycles. The van der Waals surface area contributed by atoms with Crippen LogP contribution in [0.1, 0.15) is 57.8 Å². The van der Waals surface area contributed by atoms with E-state index >= 15 is 0 Å². The first-order valence-corrected chi connectivity index (χ1v) is 12.7. The van der Waals surface area contributed by atoms with Crippen LogP contribution in [0, 0.1) is 5.41 Å². The number of hydrogen-bond donors (Lipinski definition) is 2. The third kappa shape index (κ3) is 8.17. The van der Waals surface area contributed by atoms with E-state index in [4.69, 9.17) is 39.9 Å². The molecule has 4 saturated heterocycles. The van der Waals surface area contributed by atoms with Crippen molar-refractivity contribution in [2.45, 2.75) is 87.7 Å². The number of ether oxygens (including phenoxy) is 6. The minimum Gasteiger partial charge on any atom is -0.381 e. The van der Waals surface area contributed by atoms with Gasteiger partial charge in [-0.05, 0) is 56.9 Å². The molecule has 0 amide bonds. The molecule has 0 saturated carbocycles. The van der Waals surface area contributed by atoms with Crippen LogP contribution in [-0.2, 0) is 28.4 Å². The van der Waals surface area contributed by atoms with Crippen molar-refractivity contribution in [1.82, 2.24) is 0 Å². The molecule has 4 fully saturated rings. The quantitative estimate of drug-likeness (QED) is 0.198. The van der Waals surface area contributed by atoms with Gasteiger partial charge in [-0.15, -0.1) is 0 Å². The van der Waals surface area contributed by atoms with Crippen molar-refractivity contribution >= 4 is 0 Å². The largest absolute Gasteiger partial charge is 0.381 e. The van der Waals surface area contributed by atoms with Crippen molar-refractivity contribution < 1.29 is 28.4 Å². The predicted molar refractivity (Wildman–Crippen MR) is 121 cm³/mol. The lowest BCUT2D eigenvalue weighted by Gasteiger charge is -2.49. The highest BCUT2D eigenvalue weighted by Crippen LogP contribution is 2.52. The first-order chi connectivity index (χ1) is 15.6. The molecule has 4 rings (SSSR count). The zero-order chi connectivity index (χ0) is 22.3. The molecule has 0 radical (unpaired) electrons. The number of rotatable bonds is 21. The Bertz CT molecular complexity index is 515. The van der Waals surface area contributed by atoms with Crippen LogP contribution in [0.3, 0.4) is 0 Å². The lowest BCUT2D eigenvalue weighted by molar-refractivity contribution is -0.0259. The number of epoxide rings is 4. The van der Waals surface area contributed by atoms with Crippen molar-refractivity contribution in [3.63, 3.8) is 0 Å². The maximum Gasteiger partial charge on any atom is 0.0828 e. The van der Waals surface area contributed by atoms with Gasteiger partial charge in [-0.3, -0.25) is 0 Å². The Kier molecular flexibility index (Phi) is 9.21. The van der Waals surface area contributed by atoms with Crippen LogP contribution in [0.4, 0.5) is 0 Å². The molecule has 4 aliphatic rings. The van der Waals surface area contributed by atoms with Crippen molar-refractivity contribution in [3.05, 3.63) is 0 Å². The van der Waals surface area contributed by atoms with E-state index in [0.29, 0.717) is 31.5 Å². The molecule has 0 spiro atoms. The first kappa shape index (κ1) is 24.8. The topological polar surface area (TPSA) is 121 Å². The summed E-state index contributed by atoms with van der Waals surface area (Å²) in [5.74, 6) is 0. The van der Waals surface area contributed by atoms with Crippen molar-refractivity contribution in [2.75, 3.05) is 59.4 Å². The molecule has 0 aliphatic carbocycles. The lowest BCUT2D eigenvalue weighted by Crippen LogP contribution is -2.61. The molecule has 8 heteroatoms. The van der Waals surface area contributed by atoms with Gasteiger partial charge in [0.1, 0.15) is 0 Å². The Morgan fingerprint density at radius 1 is 0.625 bits per heavy atom. The molecule has 186 valence electrons. The molecule has 32 heavy (non-hydrogen) atoms. The van der Waals surface area contributed by atoms with Crippen LogP contribution in [0.25, 0.3) is 0 Å². The minimum atomic E-state index is -0.463. The summed E-state index contributed by atoms with van der Waals surface area (Å²) in [5.41, 5.74) is 12.2. The van der Waals surface area contributed by atoms with Gasteiger partial charge in [-0.2, -0.15) is 0 Å². The van der Waals surface area contributed by atoms with Gasteiger partial charge in [-0.25, -0.2) is 0 Å². The Hall–Kier alpha value is -0.320. The van der Waals surface area contributed by atoms with E-state index in [1.807, 2.05) is 0 Å². The molecule has 0 aromatic rings. The Balaban J connectivity index is 1.25. The van der Waals surface area contributed by atoms with E-state index in [2.05, 4.69) is 0 Å². The average molecular weight is 457 g/mol. The second-order valence-electron chi connectivity index (χ2n) is 10.3. The third-order valence-corrected chi connectivity index (χ3v) is 7.29. The third-order valence-electron chi connectivity index (χ3n) is 7.29. The van der Waals surface area contributed by atoms with Crippen LogP contribution < -0.4 is 11.5 Å². The zero-order valence-electron chi connectivity index (χ0n) is 19.6. The molecule has 0 aromatic heterocycles. The van der Waals surface area contributed by atoms with Crippen LogP contribution in [0.15, 0.2) is 0 Å². The Morgan fingerprint density at radius 3 is 1.53 bits per heavy atom. The summed E-state index contributed by atoms with van der Waals surface area (Å²) in [4.78, 5) is 0. The molecule has 0 aromatic carbocycles. The second-order valence-corrected chi connectivity index (χ2v) is 10.3. The van der Waals surface area contributed by atoms with Gasteiger partial charge in [0, 0.05) is 25.4 Å². The highest BCUT2D eigenvalue weighted by Gasteiger charge is 2.57. The van der Waals surface area contributed by atoms with E-state index in [1.54, 1.807) is 0 Å². The molecule has 8 nitrogen and oxygen atoms in total. The van der Waals surface area contributed by atoms with Gasteiger partial charge < -0.3 is 39.9 Å². The fraction of sp³-hybridized carbons (Fsp3) is 1.00. The number of hydrogen-bond acceptors (Lipinski definition) is 8. The zero-order valence-corrected chi connectivity index (χ0v) is 19.6. The maximum atomic E-state index is 7.27. The van der Waals surface area contributed by atoms with E-state index in [9.17, 15) is 0 Å². The second kappa shape index (κ2) is 11.9. The lowest BCUT2D eigenvalue weighted by atomic mass is 9.60. The summed E-state index contributed by atoms with van der Waals surface area (Å²) < 4.78 is 34.4. The normalized spacial score (nSPS) is 31.7. The van der Waals surface area contributed by atoms with Gasteiger partial charge >= 0.3 is 0 Å². The van der Waals surface area contributed by atoms with Gasteiger partial charge in [-0.1, -0.05) is 12.8 Å². The van der Waals surface area contributed by atoms with E-state index in [-0.39, 0.29) is 11.5 Å². The molecular weight excluding hydrogens is 412 g/mol. The van der Waals surface area contributed by atoms with E-state index in [1.165, 1.54) is 0 Å². The molecule has 5 atom stereocenters. The molecule has 5 unspecified atom stereocenters. The van der Waals surface area contributed by atoms with Gasteiger partial charge in [0.15, 0.2) is 0 Å². The maximum absolute atomic E-state index is 7.27. The monoisotopic (exact) mass is 456 g/mol. The summed E-state index contributed by atoms with van der Waals surface area (Å²) in [6.07, 6.45) is 10.3. The highest BCUT2D eigenvalue weighted by molar-refractivity contribution is 5.10. The average Bonchev–Trinajstić information content (AvgIpc) is 3.61. The summed E-state index contributed by atoms with van der Waals surface area (Å²) in [6.45, 7) is 6.92. The fourth-order valence-electron chi connectivity index (χ4n) is 5.05. The summed E-state index contributed by atoms with van der Waals surface area (Å²) in [7, 11) is 0. The van der Waals surface area contributed by atoms with Gasteiger partial charge in [0.25, 0.3) is 0 Å². The molecular formula is C24H44N2O6. The van der Waals surface area contributed by atoms with Crippen molar-refractivity contribution in [1.29, 1.82) is 0 Å². The first-order valence-electron chi connectivity index (χ1n) is 12.7. The van der Waals surface area contributed by atoms with Gasteiger partial charge in [0.05, 0.1) is 57.5 Å². The number of unbranched alkanes of at least 4 members (excludes halogenated alkanes) is 3. The molecule has 0 bridgehead atoms. The number of nitrogens with two attached hydrogens (primary N) is 2. The van der Waals surface area contributed by atoms with E-state index < -0.39 is 5.54 Å². The van der Waals surface area contributed by atoms with Crippen LogP contribution in [-0.4, -0.2) is 89.4 Å². The summed E-state index contributed by atoms with van der Waals surface area (Å²) in [5, 5.41) is 0. The van der Waals surface area contributed by atoms with Crippen LogP contribution >= 0.6 is 0 Å². The molecule has 4 heterocycles. The van der Waals surface area contributed by atoms with Crippen molar-refractivity contribution in [3.8, 4) is 0 Å². The van der Waals surface area contributed by atoms with E-state index in [0.717, 1.165) is 104 Å². The van der Waals surface area contributed by atoms with Crippen LogP contribution in [0.5, 0.6) is 0 Å². The highest BCUT2D eigenvalue weighted by atomic mass is 16.6. The van der Waals surface area contributed by atoms with Crippen molar-refractivity contribution in [2.24, 2.45) is 16.9 Å². The Labute approximate surface area is 192 Å². The fourth-order valence-corrected chi connectivity index (χ4v) is 5.05. The van der Waals surface area contributed by atoms with Crippen LogP contribution in [0.2, 0.25) is 0 Å². The molecule has 4 N–H and O–H groups in total. The van der Waals surface area contributed by atoms with Gasteiger partial charge in [0.2, 0.25) is 0 Å². The SMILES string of the molecule is NCCCOCCCCCCOCC(N)(CC1CO1)C(CC1CO1)(CC1CO1)CC1CO1. The standard InChI is InChI=1S/C24H44N2O6/c25-6-5-9-27-7-3-1-2-4-8-28-18-24(26,13-22-17-32-22)23(10-19-14-29-19,11-20-15-30-20)12-21-16-31-21/h19-22H,1-18,25-26H2. The summed E-state index contributed by atoms with van der Waals surface area (Å²) in [6, 6.07) is 0. The smallest absolute Gasteiger partial charge is 0.0828 e. The predicted octanol–water partition coefficient (Wildman–Crippen LogP) is 1.77. The minimum absolute atomic E-state index is 0.108. The Morgan fingerprint density at radius 2 is 1.06 bits per heavy atom.